The van der Waals surface area contributed by atoms with Crippen LogP contribution in [0.5, 0.6) is 0 Å². The third kappa shape index (κ3) is 2.05. The molecule has 0 spiro atoms. The van der Waals surface area contributed by atoms with Crippen LogP contribution in [0, 0.1) is 0 Å². The van der Waals surface area contributed by atoms with E-state index in [9.17, 15) is 0 Å². The topological polar surface area (TPSA) is 19.0 Å². The highest BCUT2D eigenvalue weighted by Gasteiger charge is 2.21. The van der Waals surface area contributed by atoms with Crippen molar-refractivity contribution in [3.8, 4) is 0 Å². The van der Waals surface area contributed by atoms with Crippen molar-refractivity contribution in [3.63, 3.8) is 0 Å². The summed E-state index contributed by atoms with van der Waals surface area (Å²) < 4.78 is 0. The molecule has 1 aromatic carbocycles. The second kappa shape index (κ2) is 4.77. The maximum absolute atomic E-state index is 3.41. The number of aryl methyl sites for hydroxylation is 1. The molecule has 0 saturated carbocycles. The number of hydrogen-bond donors (Lipinski definition) is 1. The highest BCUT2D eigenvalue weighted by Crippen LogP contribution is 2.25. The van der Waals surface area contributed by atoms with Crippen LogP contribution in [0.4, 0.5) is 0 Å². The highest BCUT2D eigenvalue weighted by molar-refractivity contribution is 5.84. The van der Waals surface area contributed by atoms with Gasteiger partial charge in [0.1, 0.15) is 0 Å². The number of nitrogens with zero attached hydrogens (tertiary/aromatic N) is 1. The Morgan fingerprint density at radius 3 is 3.00 bits per heavy atom. The molecule has 1 aromatic heterocycles. The quantitative estimate of drug-likeness (QED) is 0.874. The van der Waals surface area contributed by atoms with Crippen LogP contribution < -0.4 is 0 Å². The smallest absolute Gasteiger partial charge is 0.0456 e. The SMILES string of the molecule is CCc1ccc2[nH]cc(C[C@@H]3CCCN3C)c2c1. The first-order chi connectivity index (χ1) is 8.78. The van der Waals surface area contributed by atoms with Gasteiger partial charge in [0, 0.05) is 23.1 Å². The van der Waals surface area contributed by atoms with Gasteiger partial charge < -0.3 is 9.88 Å². The molecular formula is C16H22N2. The minimum absolute atomic E-state index is 0.731. The molecule has 0 unspecified atom stereocenters. The molecule has 3 rings (SSSR count). The molecule has 18 heavy (non-hydrogen) atoms. The van der Waals surface area contributed by atoms with Crippen LogP contribution >= 0.6 is 0 Å². The van der Waals surface area contributed by atoms with Crippen LogP contribution in [0.25, 0.3) is 10.9 Å². The van der Waals surface area contributed by atoms with Gasteiger partial charge in [0.05, 0.1) is 0 Å². The third-order valence-electron chi connectivity index (χ3n) is 4.37. The van der Waals surface area contributed by atoms with Crippen LogP contribution in [0.15, 0.2) is 24.4 Å². The molecule has 2 heterocycles. The second-order valence-electron chi connectivity index (χ2n) is 5.53. The molecule has 0 radical (unpaired) electrons. The average Bonchev–Trinajstić information content (AvgIpc) is 2.97. The van der Waals surface area contributed by atoms with Crippen molar-refractivity contribution in [1.82, 2.24) is 9.88 Å². The first-order valence-corrected chi connectivity index (χ1v) is 7.07. The Kier molecular flexibility index (Phi) is 3.13. The molecule has 1 aliphatic heterocycles. The molecule has 0 aliphatic carbocycles. The van der Waals surface area contributed by atoms with E-state index in [-0.39, 0.29) is 0 Å². The zero-order valence-corrected chi connectivity index (χ0v) is 11.4. The third-order valence-corrected chi connectivity index (χ3v) is 4.37. The number of aromatic amines is 1. The summed E-state index contributed by atoms with van der Waals surface area (Å²) in [5.41, 5.74) is 4.20. The number of benzene rings is 1. The fourth-order valence-electron chi connectivity index (χ4n) is 3.11. The normalized spacial score (nSPS) is 20.9. The molecule has 96 valence electrons. The predicted molar refractivity (Wildman–Crippen MR) is 77.0 cm³/mol. The summed E-state index contributed by atoms with van der Waals surface area (Å²) in [5.74, 6) is 0. The molecule has 1 fully saturated rings. The molecule has 2 heteroatoms. The van der Waals surface area contributed by atoms with E-state index in [2.05, 4.69) is 48.3 Å². The average molecular weight is 242 g/mol. The van der Waals surface area contributed by atoms with E-state index in [0.29, 0.717) is 0 Å². The number of likely N-dealkylation sites (tertiary alicyclic amines) is 1. The van der Waals surface area contributed by atoms with Crippen LogP contribution in [0.1, 0.15) is 30.9 Å². The van der Waals surface area contributed by atoms with Gasteiger partial charge in [-0.25, -0.2) is 0 Å². The largest absolute Gasteiger partial charge is 0.361 e. The summed E-state index contributed by atoms with van der Waals surface area (Å²) in [7, 11) is 2.25. The van der Waals surface area contributed by atoms with Crippen molar-refractivity contribution in [2.45, 2.75) is 38.6 Å². The van der Waals surface area contributed by atoms with Crippen molar-refractivity contribution >= 4 is 10.9 Å². The number of rotatable bonds is 3. The van der Waals surface area contributed by atoms with Gasteiger partial charge in [0.2, 0.25) is 0 Å². The van der Waals surface area contributed by atoms with Gasteiger partial charge in [-0.05, 0) is 62.5 Å². The van der Waals surface area contributed by atoms with Gasteiger partial charge in [-0.2, -0.15) is 0 Å². The van der Waals surface area contributed by atoms with E-state index < -0.39 is 0 Å². The summed E-state index contributed by atoms with van der Waals surface area (Å²) in [5, 5.41) is 1.43. The van der Waals surface area contributed by atoms with Crippen molar-refractivity contribution in [2.75, 3.05) is 13.6 Å². The van der Waals surface area contributed by atoms with Crippen molar-refractivity contribution in [3.05, 3.63) is 35.5 Å². The Hall–Kier alpha value is -1.28. The minimum atomic E-state index is 0.731. The lowest BCUT2D eigenvalue weighted by molar-refractivity contribution is 0.310. The summed E-state index contributed by atoms with van der Waals surface area (Å²) >= 11 is 0. The second-order valence-corrected chi connectivity index (χ2v) is 5.53. The van der Waals surface area contributed by atoms with E-state index in [4.69, 9.17) is 0 Å². The molecule has 1 aliphatic rings. The Bertz CT molecular complexity index is 541. The van der Waals surface area contributed by atoms with Crippen LogP contribution in [0.3, 0.4) is 0 Å². The number of fused-ring (bicyclic) bond motifs is 1. The number of H-pyrrole nitrogens is 1. The fraction of sp³-hybridized carbons (Fsp3) is 0.500. The van der Waals surface area contributed by atoms with Gasteiger partial charge in [-0.1, -0.05) is 13.0 Å². The first-order valence-electron chi connectivity index (χ1n) is 7.07. The molecule has 0 amide bonds. The molecule has 1 atom stereocenters. The van der Waals surface area contributed by atoms with Gasteiger partial charge in [-0.3, -0.25) is 0 Å². The standard InChI is InChI=1S/C16H22N2/c1-3-12-6-7-16-15(9-12)13(11-17-16)10-14-5-4-8-18(14)2/h6-7,9,11,14,17H,3-5,8,10H2,1-2H3/t14-/m0/s1. The van der Waals surface area contributed by atoms with E-state index in [1.165, 1.54) is 47.8 Å². The Morgan fingerprint density at radius 2 is 2.28 bits per heavy atom. The minimum Gasteiger partial charge on any atom is -0.361 e. The Labute approximate surface area is 109 Å². The van der Waals surface area contributed by atoms with E-state index in [0.717, 1.165) is 12.5 Å². The van der Waals surface area contributed by atoms with E-state index in [1.54, 1.807) is 0 Å². The summed E-state index contributed by atoms with van der Waals surface area (Å²) in [6, 6.07) is 7.53. The van der Waals surface area contributed by atoms with Gasteiger partial charge >= 0.3 is 0 Å². The lowest BCUT2D eigenvalue weighted by atomic mass is 10.0. The van der Waals surface area contributed by atoms with Gasteiger partial charge in [0.15, 0.2) is 0 Å². The number of nitrogens with one attached hydrogen (secondary N) is 1. The molecule has 1 N–H and O–H groups in total. The van der Waals surface area contributed by atoms with E-state index >= 15 is 0 Å². The van der Waals surface area contributed by atoms with Gasteiger partial charge in [0.25, 0.3) is 0 Å². The monoisotopic (exact) mass is 242 g/mol. The lowest BCUT2D eigenvalue weighted by Crippen LogP contribution is -2.26. The maximum atomic E-state index is 3.41. The maximum Gasteiger partial charge on any atom is 0.0456 e. The first kappa shape index (κ1) is 11.8. The van der Waals surface area contributed by atoms with Crippen LogP contribution in [-0.4, -0.2) is 29.5 Å². The number of hydrogen-bond acceptors (Lipinski definition) is 1. The van der Waals surface area contributed by atoms with Crippen LogP contribution in [0.2, 0.25) is 0 Å². The molecule has 2 nitrogen and oxygen atoms in total. The molecule has 0 bridgehead atoms. The highest BCUT2D eigenvalue weighted by atomic mass is 15.1. The lowest BCUT2D eigenvalue weighted by Gasteiger charge is -2.18. The number of aromatic nitrogens is 1. The number of likely N-dealkylation sites (N-methyl/N-ethyl adjacent to an activating group) is 1. The Morgan fingerprint density at radius 1 is 1.39 bits per heavy atom. The van der Waals surface area contributed by atoms with Crippen LogP contribution in [-0.2, 0) is 12.8 Å². The summed E-state index contributed by atoms with van der Waals surface area (Å²) in [4.78, 5) is 5.91. The zero-order chi connectivity index (χ0) is 12.5. The van der Waals surface area contributed by atoms with Crippen molar-refractivity contribution < 1.29 is 0 Å². The van der Waals surface area contributed by atoms with Crippen molar-refractivity contribution in [1.29, 1.82) is 0 Å². The molecule has 2 aromatic rings. The molecule has 1 saturated heterocycles. The van der Waals surface area contributed by atoms with E-state index in [1.807, 2.05) is 0 Å². The fourth-order valence-corrected chi connectivity index (χ4v) is 3.11. The van der Waals surface area contributed by atoms with Gasteiger partial charge in [-0.15, -0.1) is 0 Å². The Balaban J connectivity index is 1.91. The summed E-state index contributed by atoms with van der Waals surface area (Å²) in [6.07, 6.45) is 7.20. The summed E-state index contributed by atoms with van der Waals surface area (Å²) in [6.45, 7) is 3.48. The zero-order valence-electron chi connectivity index (χ0n) is 11.4. The predicted octanol–water partition coefficient (Wildman–Crippen LogP) is 3.37. The van der Waals surface area contributed by atoms with Crippen molar-refractivity contribution in [2.24, 2.45) is 0 Å². The molecular weight excluding hydrogens is 220 g/mol.